The lowest BCUT2D eigenvalue weighted by atomic mass is 10.2. The zero-order valence-electron chi connectivity index (χ0n) is 14.8. The largest absolute Gasteiger partial charge is 0.419 e. The van der Waals surface area contributed by atoms with Crippen molar-refractivity contribution in [3.05, 3.63) is 87.1 Å². The number of para-hydroxylation sites is 1. The van der Waals surface area contributed by atoms with E-state index in [0.717, 1.165) is 6.20 Å². The maximum atomic E-state index is 13.4. The van der Waals surface area contributed by atoms with Gasteiger partial charge in [0.15, 0.2) is 0 Å². The number of carbonyl (C=O) groups excluding carboxylic acids is 1. The summed E-state index contributed by atoms with van der Waals surface area (Å²) in [5.41, 5.74) is -1.43. The first-order valence-electron chi connectivity index (χ1n) is 8.20. The zero-order chi connectivity index (χ0) is 21.9. The lowest BCUT2D eigenvalue weighted by molar-refractivity contribution is -0.385. The average Bonchev–Trinajstić information content (AvgIpc) is 2.69. The van der Waals surface area contributed by atoms with Gasteiger partial charge in [-0.15, -0.1) is 0 Å². The summed E-state index contributed by atoms with van der Waals surface area (Å²) in [6, 6.07) is 12.7. The van der Waals surface area contributed by atoms with Crippen LogP contribution in [0.4, 0.5) is 24.5 Å². The highest BCUT2D eigenvalue weighted by Crippen LogP contribution is 2.41. The number of nitrogens with one attached hydrogen (secondary N) is 1. The van der Waals surface area contributed by atoms with E-state index >= 15 is 0 Å². The molecule has 30 heavy (non-hydrogen) atoms. The Balaban J connectivity index is 1.92. The highest BCUT2D eigenvalue weighted by atomic mass is 35.5. The lowest BCUT2D eigenvalue weighted by Gasteiger charge is -2.14. The van der Waals surface area contributed by atoms with Gasteiger partial charge in [0.1, 0.15) is 11.2 Å². The number of halogens is 4. The van der Waals surface area contributed by atoms with Crippen LogP contribution in [0.1, 0.15) is 15.9 Å². The molecular formula is C19H11ClF3N3O3S. The fourth-order valence-corrected chi connectivity index (χ4v) is 3.48. The van der Waals surface area contributed by atoms with E-state index in [1.54, 1.807) is 12.1 Å². The van der Waals surface area contributed by atoms with Gasteiger partial charge in [0.25, 0.3) is 11.6 Å². The van der Waals surface area contributed by atoms with Crippen LogP contribution in [0, 0.1) is 10.1 Å². The molecule has 1 amide bonds. The van der Waals surface area contributed by atoms with E-state index in [-0.39, 0.29) is 10.6 Å². The van der Waals surface area contributed by atoms with Crippen LogP contribution in [-0.4, -0.2) is 15.8 Å². The number of nitrogens with zero attached hydrogens (tertiary/aromatic N) is 2. The lowest BCUT2D eigenvalue weighted by Crippen LogP contribution is -2.12. The van der Waals surface area contributed by atoms with E-state index in [1.807, 2.05) is 0 Å². The second-order valence-corrected chi connectivity index (χ2v) is 7.33. The van der Waals surface area contributed by atoms with Gasteiger partial charge in [-0.05, 0) is 36.4 Å². The van der Waals surface area contributed by atoms with Crippen LogP contribution < -0.4 is 5.32 Å². The third-order valence-electron chi connectivity index (χ3n) is 3.80. The number of carbonyl (C=O) groups is 1. The van der Waals surface area contributed by atoms with Gasteiger partial charge in [0.2, 0.25) is 0 Å². The molecule has 0 spiro atoms. The minimum Gasteiger partial charge on any atom is -0.321 e. The molecule has 2 aromatic carbocycles. The Morgan fingerprint density at radius 1 is 1.13 bits per heavy atom. The highest BCUT2D eigenvalue weighted by Gasteiger charge is 2.36. The smallest absolute Gasteiger partial charge is 0.321 e. The quantitative estimate of drug-likeness (QED) is 0.374. The average molecular weight is 454 g/mol. The molecule has 0 aliphatic rings. The molecule has 0 saturated heterocycles. The molecule has 0 bridgehead atoms. The standard InChI is InChI=1S/C19H11ClF3N3O3S/c20-12-7-5-11(6-8-12)17(27)25-15-3-1-2-4-16(15)30-18-14(19(21,22)23)9-13(10-24-18)26(28)29/h1-10H,(H,25,27). The number of anilines is 1. The van der Waals surface area contributed by atoms with Gasteiger partial charge in [-0.1, -0.05) is 35.5 Å². The predicted molar refractivity (Wildman–Crippen MR) is 106 cm³/mol. The Bertz CT molecular complexity index is 1110. The molecule has 1 heterocycles. The maximum Gasteiger partial charge on any atom is 0.419 e. The minimum absolute atomic E-state index is 0.260. The maximum absolute atomic E-state index is 13.4. The first-order chi connectivity index (χ1) is 14.1. The first kappa shape index (κ1) is 21.6. The van der Waals surface area contributed by atoms with Crippen molar-refractivity contribution in [2.24, 2.45) is 0 Å². The van der Waals surface area contributed by atoms with E-state index in [2.05, 4.69) is 10.3 Å². The van der Waals surface area contributed by atoms with Crippen LogP contribution in [0.2, 0.25) is 5.02 Å². The van der Waals surface area contributed by atoms with Crippen molar-refractivity contribution in [2.75, 3.05) is 5.32 Å². The summed E-state index contributed by atoms with van der Waals surface area (Å²) >= 11 is 6.44. The van der Waals surface area contributed by atoms with Gasteiger partial charge < -0.3 is 5.32 Å². The number of alkyl halides is 3. The number of hydrogen-bond acceptors (Lipinski definition) is 5. The summed E-state index contributed by atoms with van der Waals surface area (Å²) in [6.45, 7) is 0. The Hall–Kier alpha value is -3.11. The number of hydrogen-bond donors (Lipinski definition) is 1. The van der Waals surface area contributed by atoms with Gasteiger partial charge in [0.05, 0.1) is 16.2 Å². The van der Waals surface area contributed by atoms with Gasteiger partial charge in [-0.25, -0.2) is 4.98 Å². The molecule has 0 unspecified atom stereocenters. The van der Waals surface area contributed by atoms with Gasteiger partial charge in [-0.2, -0.15) is 13.2 Å². The van der Waals surface area contributed by atoms with Crippen molar-refractivity contribution < 1.29 is 22.9 Å². The summed E-state index contributed by atoms with van der Waals surface area (Å²) in [7, 11) is 0. The number of nitro groups is 1. The molecule has 6 nitrogen and oxygen atoms in total. The molecule has 0 radical (unpaired) electrons. The van der Waals surface area contributed by atoms with Crippen LogP contribution in [0.3, 0.4) is 0 Å². The van der Waals surface area contributed by atoms with Gasteiger partial charge in [0, 0.05) is 21.5 Å². The molecule has 0 saturated carbocycles. The molecule has 3 rings (SSSR count). The predicted octanol–water partition coefficient (Wildman–Crippen LogP) is 6.07. The van der Waals surface area contributed by atoms with Crippen molar-refractivity contribution in [3.63, 3.8) is 0 Å². The summed E-state index contributed by atoms with van der Waals surface area (Å²) in [6.07, 6.45) is -4.09. The fraction of sp³-hybridized carbons (Fsp3) is 0.0526. The first-order valence-corrected chi connectivity index (χ1v) is 9.40. The second kappa shape index (κ2) is 8.72. The molecule has 11 heteroatoms. The number of rotatable bonds is 5. The Labute approximate surface area is 177 Å². The number of pyridine rings is 1. The molecule has 1 aromatic heterocycles. The van der Waals surface area contributed by atoms with E-state index < -0.39 is 33.3 Å². The van der Waals surface area contributed by atoms with Crippen molar-refractivity contribution >= 4 is 40.6 Å². The molecule has 0 atom stereocenters. The second-order valence-electron chi connectivity index (χ2n) is 5.86. The Kier molecular flexibility index (Phi) is 6.28. The summed E-state index contributed by atoms with van der Waals surface area (Å²) in [4.78, 5) is 26.2. The van der Waals surface area contributed by atoms with Gasteiger partial charge >= 0.3 is 6.18 Å². The van der Waals surface area contributed by atoms with Crippen molar-refractivity contribution in [1.29, 1.82) is 0 Å². The van der Waals surface area contributed by atoms with Crippen molar-refractivity contribution in [1.82, 2.24) is 4.98 Å². The fourth-order valence-electron chi connectivity index (χ4n) is 2.38. The third kappa shape index (κ3) is 5.08. The third-order valence-corrected chi connectivity index (χ3v) is 5.15. The van der Waals surface area contributed by atoms with E-state index in [9.17, 15) is 28.1 Å². The molecule has 1 N–H and O–H groups in total. The Morgan fingerprint density at radius 3 is 2.43 bits per heavy atom. The van der Waals surface area contributed by atoms with Gasteiger partial charge in [-0.3, -0.25) is 14.9 Å². The van der Waals surface area contributed by atoms with Crippen LogP contribution in [0.15, 0.2) is 70.7 Å². The van der Waals surface area contributed by atoms with Crippen LogP contribution in [0.5, 0.6) is 0 Å². The van der Waals surface area contributed by atoms with Crippen molar-refractivity contribution in [3.8, 4) is 0 Å². The normalized spacial score (nSPS) is 11.2. The molecule has 0 aliphatic heterocycles. The van der Waals surface area contributed by atoms with Crippen molar-refractivity contribution in [2.45, 2.75) is 16.1 Å². The van der Waals surface area contributed by atoms with Crippen LogP contribution in [-0.2, 0) is 6.18 Å². The number of benzene rings is 2. The molecular weight excluding hydrogens is 443 g/mol. The summed E-state index contributed by atoms with van der Waals surface area (Å²) in [5, 5.41) is 13.4. The molecule has 154 valence electrons. The molecule has 0 aliphatic carbocycles. The van der Waals surface area contributed by atoms with E-state index in [0.29, 0.717) is 28.4 Å². The number of aromatic nitrogens is 1. The summed E-state index contributed by atoms with van der Waals surface area (Å²) < 4.78 is 40.2. The molecule has 0 fully saturated rings. The molecule has 3 aromatic rings. The minimum atomic E-state index is -4.84. The SMILES string of the molecule is O=C(Nc1ccccc1Sc1ncc([N+](=O)[O-])cc1C(F)(F)F)c1ccc(Cl)cc1. The Morgan fingerprint density at radius 2 is 1.80 bits per heavy atom. The van der Waals surface area contributed by atoms with E-state index in [1.165, 1.54) is 36.4 Å². The monoisotopic (exact) mass is 453 g/mol. The van der Waals surface area contributed by atoms with Crippen LogP contribution >= 0.6 is 23.4 Å². The van der Waals surface area contributed by atoms with E-state index in [4.69, 9.17) is 11.6 Å². The number of amides is 1. The summed E-state index contributed by atoms with van der Waals surface area (Å²) in [5.74, 6) is -0.479. The van der Waals surface area contributed by atoms with Crippen LogP contribution in [0.25, 0.3) is 0 Å². The highest BCUT2D eigenvalue weighted by molar-refractivity contribution is 7.99. The topological polar surface area (TPSA) is 85.1 Å². The zero-order valence-corrected chi connectivity index (χ0v) is 16.4.